The van der Waals surface area contributed by atoms with E-state index in [1.54, 1.807) is 6.08 Å². The monoisotopic (exact) mass is 358 g/mol. The third-order valence-electron chi connectivity index (χ3n) is 2.96. The van der Waals surface area contributed by atoms with E-state index in [-0.39, 0.29) is 17.4 Å². The summed E-state index contributed by atoms with van der Waals surface area (Å²) < 4.78 is 20.4. The molecule has 1 aromatic rings. The lowest BCUT2D eigenvalue weighted by Crippen LogP contribution is -2.23. The van der Waals surface area contributed by atoms with Gasteiger partial charge < -0.3 is 9.84 Å². The molecule has 0 amide bonds. The number of carbonyl (C=O) groups is 1. The fraction of sp³-hybridized carbons (Fsp3) is 0.308. The molecule has 8 heteroatoms. The summed E-state index contributed by atoms with van der Waals surface area (Å²) in [6, 6.07) is 0. The SMILES string of the molecule is COc1cn(C2=CC(C)CC(Br)=C2F)nc(C(=O)O)c1=O. The number of carboxylic acids is 1. The molecule has 0 aliphatic heterocycles. The molecule has 112 valence electrons. The van der Waals surface area contributed by atoms with Crippen molar-refractivity contribution in [2.24, 2.45) is 5.92 Å². The molecule has 1 heterocycles. The van der Waals surface area contributed by atoms with Crippen molar-refractivity contribution in [2.75, 3.05) is 7.11 Å². The number of rotatable bonds is 3. The standard InChI is InChI=1S/C13H12BrFN2O4/c1-6-3-7(14)10(15)8(4-6)17-5-9(21-2)12(18)11(16-17)13(19)20/h4-6H,3H2,1-2H3,(H,19,20). The Balaban J connectivity index is 2.67. The highest BCUT2D eigenvalue weighted by molar-refractivity contribution is 9.11. The van der Waals surface area contributed by atoms with Gasteiger partial charge in [-0.3, -0.25) is 4.79 Å². The number of hydrogen-bond donors (Lipinski definition) is 1. The lowest BCUT2D eigenvalue weighted by molar-refractivity contribution is 0.0686. The molecule has 0 saturated heterocycles. The second-order valence-electron chi connectivity index (χ2n) is 4.58. The normalized spacial score (nSPS) is 18.5. The highest BCUT2D eigenvalue weighted by atomic mass is 79.9. The number of aromatic carboxylic acids is 1. The molecular formula is C13H12BrFN2O4. The van der Waals surface area contributed by atoms with Crippen LogP contribution in [-0.2, 0) is 0 Å². The smallest absolute Gasteiger partial charge is 0.360 e. The van der Waals surface area contributed by atoms with Crippen LogP contribution in [0.1, 0.15) is 23.8 Å². The lowest BCUT2D eigenvalue weighted by Gasteiger charge is -2.19. The second-order valence-corrected chi connectivity index (χ2v) is 5.53. The fourth-order valence-electron chi connectivity index (χ4n) is 1.97. The lowest BCUT2D eigenvalue weighted by atomic mass is 10.0. The van der Waals surface area contributed by atoms with Gasteiger partial charge in [0.15, 0.2) is 11.6 Å². The molecule has 1 unspecified atom stereocenters. The quantitative estimate of drug-likeness (QED) is 0.897. The van der Waals surface area contributed by atoms with Gasteiger partial charge in [0.05, 0.1) is 19.0 Å². The minimum Gasteiger partial charge on any atom is -0.491 e. The van der Waals surface area contributed by atoms with Crippen LogP contribution in [0.5, 0.6) is 5.75 Å². The first-order valence-electron chi connectivity index (χ1n) is 6.03. The van der Waals surface area contributed by atoms with Crippen LogP contribution in [0.4, 0.5) is 4.39 Å². The van der Waals surface area contributed by atoms with Gasteiger partial charge in [-0.2, -0.15) is 5.10 Å². The van der Waals surface area contributed by atoms with Crippen molar-refractivity contribution in [1.82, 2.24) is 9.78 Å². The molecule has 1 atom stereocenters. The maximum atomic E-state index is 14.2. The van der Waals surface area contributed by atoms with Gasteiger partial charge in [-0.25, -0.2) is 13.9 Å². The predicted molar refractivity (Wildman–Crippen MR) is 77.1 cm³/mol. The molecule has 0 bridgehead atoms. The predicted octanol–water partition coefficient (Wildman–Crippen LogP) is 2.41. The Morgan fingerprint density at radius 3 is 2.86 bits per heavy atom. The zero-order chi connectivity index (χ0) is 15.7. The minimum atomic E-state index is -1.50. The summed E-state index contributed by atoms with van der Waals surface area (Å²) in [6.45, 7) is 1.88. The second kappa shape index (κ2) is 5.80. The van der Waals surface area contributed by atoms with Crippen LogP contribution in [0.2, 0.25) is 0 Å². The van der Waals surface area contributed by atoms with Crippen molar-refractivity contribution in [2.45, 2.75) is 13.3 Å². The molecule has 1 aromatic heterocycles. The van der Waals surface area contributed by atoms with Crippen LogP contribution in [0, 0.1) is 5.92 Å². The van der Waals surface area contributed by atoms with E-state index in [0.29, 0.717) is 10.9 Å². The van der Waals surface area contributed by atoms with Crippen LogP contribution in [0.3, 0.4) is 0 Å². The summed E-state index contributed by atoms with van der Waals surface area (Å²) in [5, 5.41) is 12.7. The Bertz CT molecular complexity index is 723. The molecule has 21 heavy (non-hydrogen) atoms. The van der Waals surface area contributed by atoms with Gasteiger partial charge in [-0.05, 0) is 12.3 Å². The highest BCUT2D eigenvalue weighted by Crippen LogP contribution is 2.35. The van der Waals surface area contributed by atoms with Crippen molar-refractivity contribution in [3.63, 3.8) is 0 Å². The third kappa shape index (κ3) is 2.90. The summed E-state index contributed by atoms with van der Waals surface area (Å²) in [5.41, 5.74) is -1.51. The zero-order valence-corrected chi connectivity index (χ0v) is 12.8. The van der Waals surface area contributed by atoms with E-state index in [1.165, 1.54) is 13.3 Å². The van der Waals surface area contributed by atoms with Gasteiger partial charge in [0, 0.05) is 4.48 Å². The number of hydrogen-bond acceptors (Lipinski definition) is 4. The number of aromatic nitrogens is 2. The van der Waals surface area contributed by atoms with Crippen LogP contribution < -0.4 is 10.2 Å². The number of methoxy groups -OCH3 is 1. The van der Waals surface area contributed by atoms with E-state index in [2.05, 4.69) is 21.0 Å². The largest absolute Gasteiger partial charge is 0.491 e. The van der Waals surface area contributed by atoms with Crippen LogP contribution >= 0.6 is 15.9 Å². The van der Waals surface area contributed by atoms with Gasteiger partial charge in [0.25, 0.3) is 5.43 Å². The summed E-state index contributed by atoms with van der Waals surface area (Å²) in [6.07, 6.45) is 3.28. The average Bonchev–Trinajstić information content (AvgIpc) is 2.42. The summed E-state index contributed by atoms with van der Waals surface area (Å²) in [4.78, 5) is 22.8. The van der Waals surface area contributed by atoms with E-state index in [4.69, 9.17) is 9.84 Å². The minimum absolute atomic E-state index is 0.0365. The Morgan fingerprint density at radius 2 is 2.29 bits per heavy atom. The first-order valence-corrected chi connectivity index (χ1v) is 6.82. The average molecular weight is 359 g/mol. The van der Waals surface area contributed by atoms with Crippen molar-refractivity contribution >= 4 is 27.6 Å². The van der Waals surface area contributed by atoms with E-state index in [1.807, 2.05) is 6.92 Å². The zero-order valence-electron chi connectivity index (χ0n) is 11.3. The van der Waals surface area contributed by atoms with E-state index < -0.39 is 22.9 Å². The first kappa shape index (κ1) is 15.4. The summed E-state index contributed by atoms with van der Waals surface area (Å²) in [5.74, 6) is -2.23. The van der Waals surface area contributed by atoms with Gasteiger partial charge in [0.1, 0.15) is 0 Å². The molecule has 1 N–H and O–H groups in total. The van der Waals surface area contributed by atoms with Gasteiger partial charge in [0.2, 0.25) is 5.69 Å². The molecule has 0 saturated carbocycles. The molecule has 6 nitrogen and oxygen atoms in total. The highest BCUT2D eigenvalue weighted by Gasteiger charge is 2.23. The number of halogens is 2. The van der Waals surface area contributed by atoms with Crippen LogP contribution in [0.25, 0.3) is 5.70 Å². The van der Waals surface area contributed by atoms with Gasteiger partial charge in [-0.15, -0.1) is 0 Å². The van der Waals surface area contributed by atoms with Crippen molar-refractivity contribution in [3.05, 3.63) is 38.5 Å². The molecule has 0 radical (unpaired) electrons. The topological polar surface area (TPSA) is 81.4 Å². The maximum Gasteiger partial charge on any atom is 0.360 e. The van der Waals surface area contributed by atoms with Crippen LogP contribution in [0.15, 0.2) is 27.4 Å². The Hall–Kier alpha value is -1.96. The van der Waals surface area contributed by atoms with Crippen molar-refractivity contribution in [3.8, 4) is 5.75 Å². The van der Waals surface area contributed by atoms with Crippen molar-refractivity contribution in [1.29, 1.82) is 0 Å². The molecule has 1 aliphatic carbocycles. The van der Waals surface area contributed by atoms with Crippen molar-refractivity contribution < 1.29 is 19.0 Å². The van der Waals surface area contributed by atoms with E-state index >= 15 is 0 Å². The van der Waals surface area contributed by atoms with Gasteiger partial charge >= 0.3 is 5.97 Å². The maximum absolute atomic E-state index is 14.2. The third-order valence-corrected chi connectivity index (χ3v) is 3.63. The number of nitrogens with zero attached hydrogens (tertiary/aromatic N) is 2. The molecule has 0 fully saturated rings. The number of carboxylic acid groups (broad SMARTS) is 1. The summed E-state index contributed by atoms with van der Waals surface area (Å²) in [7, 11) is 1.23. The Labute approximate surface area is 127 Å². The Kier molecular flexibility index (Phi) is 4.26. The summed E-state index contributed by atoms with van der Waals surface area (Å²) >= 11 is 3.14. The molecule has 0 spiro atoms. The van der Waals surface area contributed by atoms with E-state index in [9.17, 15) is 14.0 Å². The molecule has 2 rings (SSSR count). The van der Waals surface area contributed by atoms with Crippen LogP contribution in [-0.4, -0.2) is 28.0 Å². The van der Waals surface area contributed by atoms with Gasteiger partial charge in [-0.1, -0.05) is 28.9 Å². The molecule has 1 aliphatic rings. The molecular weight excluding hydrogens is 347 g/mol. The fourth-order valence-corrected chi connectivity index (χ4v) is 2.68. The van der Waals surface area contributed by atoms with E-state index in [0.717, 1.165) is 4.68 Å². The number of allylic oxidation sites excluding steroid dienone is 4. The number of ether oxygens (including phenoxy) is 1. The first-order chi connectivity index (χ1) is 9.85. The Morgan fingerprint density at radius 1 is 1.62 bits per heavy atom. The molecule has 0 aromatic carbocycles.